The van der Waals surface area contributed by atoms with Crippen LogP contribution < -0.4 is 15.0 Å². The molecule has 7 heteroatoms. The number of methoxy groups -OCH3 is 1. The molecular formula is C24H28BrN3O3. The molecule has 1 aromatic heterocycles. The maximum Gasteiger partial charge on any atom is 0.282 e. The van der Waals surface area contributed by atoms with E-state index in [1.165, 1.54) is 4.68 Å². The topological polar surface area (TPSA) is 65.7 Å². The van der Waals surface area contributed by atoms with Gasteiger partial charge < -0.3 is 9.47 Å². The minimum atomic E-state index is -0.372. The van der Waals surface area contributed by atoms with E-state index in [0.717, 1.165) is 16.5 Å². The molecule has 1 atom stereocenters. The maximum absolute atomic E-state index is 13.2. The van der Waals surface area contributed by atoms with Crippen molar-refractivity contribution in [2.24, 2.45) is 5.10 Å². The molecule has 0 amide bonds. The Hall–Kier alpha value is -2.67. The second-order valence-electron chi connectivity index (χ2n) is 8.46. The summed E-state index contributed by atoms with van der Waals surface area (Å²) < 4.78 is 13.6. The van der Waals surface area contributed by atoms with E-state index in [0.29, 0.717) is 28.2 Å². The van der Waals surface area contributed by atoms with E-state index in [1.54, 1.807) is 19.4 Å². The summed E-state index contributed by atoms with van der Waals surface area (Å²) in [7, 11) is 1.60. The Morgan fingerprint density at radius 1 is 1.19 bits per heavy atom. The Labute approximate surface area is 191 Å². The number of ether oxygens (including phenoxy) is 2. The van der Waals surface area contributed by atoms with Gasteiger partial charge in [0.2, 0.25) is 0 Å². The number of benzene rings is 2. The quantitative estimate of drug-likeness (QED) is 0.430. The third-order valence-corrected chi connectivity index (χ3v) is 5.39. The van der Waals surface area contributed by atoms with E-state index in [1.807, 2.05) is 58.0 Å². The molecule has 6 nitrogen and oxygen atoms in total. The van der Waals surface area contributed by atoms with Crippen molar-refractivity contribution in [1.29, 1.82) is 0 Å². The predicted octanol–water partition coefficient (Wildman–Crippen LogP) is 5.52. The van der Waals surface area contributed by atoms with Gasteiger partial charge in [-0.3, -0.25) is 4.79 Å². The summed E-state index contributed by atoms with van der Waals surface area (Å²) in [4.78, 5) is 18.0. The second kappa shape index (κ2) is 9.22. The average molecular weight is 486 g/mol. The van der Waals surface area contributed by atoms with Crippen LogP contribution in [0.1, 0.15) is 52.4 Å². The van der Waals surface area contributed by atoms with Crippen molar-refractivity contribution in [3.63, 3.8) is 0 Å². The normalized spacial score (nSPS) is 13.0. The Morgan fingerprint density at radius 3 is 2.58 bits per heavy atom. The van der Waals surface area contributed by atoms with Crippen LogP contribution in [-0.4, -0.2) is 29.1 Å². The molecule has 3 rings (SSSR count). The highest BCUT2D eigenvalue weighted by molar-refractivity contribution is 9.10. The first-order chi connectivity index (χ1) is 14.6. The molecule has 31 heavy (non-hydrogen) atoms. The Bertz CT molecular complexity index is 1180. The predicted molar refractivity (Wildman–Crippen MR) is 129 cm³/mol. The van der Waals surface area contributed by atoms with Crippen LogP contribution in [0.5, 0.6) is 11.5 Å². The standard InChI is InChI=1S/C24H28BrN3O3/c1-7-15(2)31-20-11-8-16(12-21(20)30-6)14-26-28-22(29)18-13-17(25)9-10-19(18)27-23(28)24(3,4)5/h8-15H,7H2,1-6H3/t15-/m1/s1. The molecule has 0 radical (unpaired) electrons. The van der Waals surface area contributed by atoms with E-state index >= 15 is 0 Å². The Morgan fingerprint density at radius 2 is 1.94 bits per heavy atom. The molecule has 164 valence electrons. The van der Waals surface area contributed by atoms with Crippen molar-refractivity contribution in [3.05, 3.63) is 62.6 Å². The lowest BCUT2D eigenvalue weighted by Gasteiger charge is -2.21. The smallest absolute Gasteiger partial charge is 0.282 e. The number of nitrogens with zero attached hydrogens (tertiary/aromatic N) is 3. The largest absolute Gasteiger partial charge is 0.493 e. The fourth-order valence-corrected chi connectivity index (χ4v) is 3.39. The van der Waals surface area contributed by atoms with Crippen molar-refractivity contribution in [3.8, 4) is 11.5 Å². The lowest BCUT2D eigenvalue weighted by Crippen LogP contribution is -2.29. The van der Waals surface area contributed by atoms with Crippen LogP contribution in [0.25, 0.3) is 10.9 Å². The third-order valence-electron chi connectivity index (χ3n) is 4.89. The van der Waals surface area contributed by atoms with E-state index in [-0.39, 0.29) is 17.1 Å². The molecule has 0 saturated heterocycles. The first kappa shape index (κ1) is 23.0. The Kier molecular flexibility index (Phi) is 6.84. The van der Waals surface area contributed by atoms with Crippen LogP contribution in [0, 0.1) is 0 Å². The van der Waals surface area contributed by atoms with Gasteiger partial charge in [0.15, 0.2) is 11.5 Å². The summed E-state index contributed by atoms with van der Waals surface area (Å²) in [5.41, 5.74) is 0.854. The lowest BCUT2D eigenvalue weighted by atomic mass is 9.95. The first-order valence-corrected chi connectivity index (χ1v) is 11.0. The molecule has 0 aliphatic carbocycles. The lowest BCUT2D eigenvalue weighted by molar-refractivity contribution is 0.207. The number of aromatic nitrogens is 2. The summed E-state index contributed by atoms with van der Waals surface area (Å²) in [6.07, 6.45) is 2.62. The van der Waals surface area contributed by atoms with Gasteiger partial charge in [-0.2, -0.15) is 9.78 Å². The molecule has 0 spiro atoms. The fraction of sp³-hybridized carbons (Fsp3) is 0.375. The van der Waals surface area contributed by atoms with Gasteiger partial charge in [0.1, 0.15) is 5.82 Å². The van der Waals surface area contributed by atoms with Crippen molar-refractivity contribution >= 4 is 33.0 Å². The molecule has 0 unspecified atom stereocenters. The highest BCUT2D eigenvalue weighted by Crippen LogP contribution is 2.29. The zero-order valence-corrected chi connectivity index (χ0v) is 20.4. The number of hydrogen-bond donors (Lipinski definition) is 0. The zero-order chi connectivity index (χ0) is 22.8. The summed E-state index contributed by atoms with van der Waals surface area (Å²) in [5, 5.41) is 5.02. The van der Waals surface area contributed by atoms with Gasteiger partial charge in [0.25, 0.3) is 5.56 Å². The van der Waals surface area contributed by atoms with Crippen molar-refractivity contribution in [2.75, 3.05) is 7.11 Å². The fourth-order valence-electron chi connectivity index (χ4n) is 3.03. The third kappa shape index (κ3) is 5.15. The summed E-state index contributed by atoms with van der Waals surface area (Å²) >= 11 is 3.43. The van der Waals surface area contributed by atoms with Gasteiger partial charge in [-0.1, -0.05) is 43.6 Å². The molecule has 0 aliphatic heterocycles. The highest BCUT2D eigenvalue weighted by atomic mass is 79.9. The van der Waals surface area contributed by atoms with Crippen LogP contribution in [0.2, 0.25) is 0 Å². The van der Waals surface area contributed by atoms with Crippen LogP contribution in [0.3, 0.4) is 0 Å². The van der Waals surface area contributed by atoms with Gasteiger partial charge in [-0.15, -0.1) is 0 Å². The zero-order valence-electron chi connectivity index (χ0n) is 18.8. The van der Waals surface area contributed by atoms with Crippen LogP contribution in [-0.2, 0) is 5.41 Å². The minimum absolute atomic E-state index is 0.0873. The van der Waals surface area contributed by atoms with Gasteiger partial charge in [0.05, 0.1) is 30.3 Å². The molecule has 0 fully saturated rings. The molecule has 2 aromatic carbocycles. The van der Waals surface area contributed by atoms with Gasteiger partial charge in [-0.05, 0) is 55.3 Å². The average Bonchev–Trinajstić information content (AvgIpc) is 2.73. The monoisotopic (exact) mass is 485 g/mol. The molecule has 0 saturated carbocycles. The van der Waals surface area contributed by atoms with Crippen molar-refractivity contribution in [1.82, 2.24) is 9.66 Å². The minimum Gasteiger partial charge on any atom is -0.493 e. The van der Waals surface area contributed by atoms with Crippen LogP contribution in [0.15, 0.2) is 50.8 Å². The number of hydrogen-bond acceptors (Lipinski definition) is 5. The molecule has 0 bridgehead atoms. The maximum atomic E-state index is 13.2. The molecule has 3 aromatic rings. The van der Waals surface area contributed by atoms with Crippen LogP contribution in [0.4, 0.5) is 0 Å². The van der Waals surface area contributed by atoms with Crippen molar-refractivity contribution < 1.29 is 9.47 Å². The number of halogens is 1. The molecular weight excluding hydrogens is 458 g/mol. The molecule has 1 heterocycles. The highest BCUT2D eigenvalue weighted by Gasteiger charge is 2.23. The SMILES string of the molecule is CC[C@@H](C)Oc1ccc(C=Nn2c(C(C)(C)C)nc3ccc(Br)cc3c2=O)cc1OC. The van der Waals surface area contributed by atoms with Gasteiger partial charge >= 0.3 is 0 Å². The van der Waals surface area contributed by atoms with E-state index in [2.05, 4.69) is 28.0 Å². The van der Waals surface area contributed by atoms with Crippen molar-refractivity contribution in [2.45, 2.75) is 52.6 Å². The van der Waals surface area contributed by atoms with E-state index in [9.17, 15) is 4.79 Å². The molecule has 0 aliphatic rings. The number of fused-ring (bicyclic) bond motifs is 1. The number of rotatable bonds is 6. The second-order valence-corrected chi connectivity index (χ2v) is 9.37. The first-order valence-electron chi connectivity index (χ1n) is 10.3. The van der Waals surface area contributed by atoms with Gasteiger partial charge in [-0.25, -0.2) is 4.98 Å². The van der Waals surface area contributed by atoms with Crippen LogP contribution >= 0.6 is 15.9 Å². The van der Waals surface area contributed by atoms with E-state index in [4.69, 9.17) is 14.5 Å². The molecule has 0 N–H and O–H groups in total. The summed E-state index contributed by atoms with van der Waals surface area (Å²) in [5.74, 6) is 1.89. The van der Waals surface area contributed by atoms with E-state index < -0.39 is 0 Å². The Balaban J connectivity index is 2.08. The summed E-state index contributed by atoms with van der Waals surface area (Å²) in [6, 6.07) is 11.1. The summed E-state index contributed by atoms with van der Waals surface area (Å²) in [6.45, 7) is 10.1. The van der Waals surface area contributed by atoms with Gasteiger partial charge in [0, 0.05) is 9.89 Å².